The molecule has 1 atom stereocenters. The van der Waals surface area contributed by atoms with Gasteiger partial charge in [0, 0.05) is 19.5 Å². The first-order chi connectivity index (χ1) is 17.8. The summed E-state index contributed by atoms with van der Waals surface area (Å²) in [5.41, 5.74) is 3.26. The van der Waals surface area contributed by atoms with E-state index in [9.17, 15) is 9.59 Å². The van der Waals surface area contributed by atoms with Gasteiger partial charge in [-0.2, -0.15) is 0 Å². The van der Waals surface area contributed by atoms with E-state index >= 15 is 0 Å². The van der Waals surface area contributed by atoms with Crippen molar-refractivity contribution >= 4 is 11.9 Å². The van der Waals surface area contributed by atoms with Crippen LogP contribution >= 0.6 is 0 Å². The van der Waals surface area contributed by atoms with E-state index in [0.717, 1.165) is 23.0 Å². The number of hydrogen-bond donors (Lipinski definition) is 4. The third-order valence-electron chi connectivity index (χ3n) is 5.22. The maximum atomic E-state index is 12.8. The van der Waals surface area contributed by atoms with Gasteiger partial charge in [0.05, 0.1) is 12.0 Å². The van der Waals surface area contributed by atoms with E-state index in [1.165, 1.54) is 0 Å². The van der Waals surface area contributed by atoms with Crippen LogP contribution in [0.3, 0.4) is 0 Å². The molecule has 37 heavy (non-hydrogen) atoms. The van der Waals surface area contributed by atoms with Crippen LogP contribution in [-0.2, 0) is 22.6 Å². The maximum absolute atomic E-state index is 12.8. The zero-order chi connectivity index (χ0) is 27.6. The fourth-order valence-electron chi connectivity index (χ4n) is 3.34. The predicted molar refractivity (Wildman–Crippen MR) is 149 cm³/mol. The topological polar surface area (TPSA) is 108 Å². The molecule has 0 saturated heterocycles. The van der Waals surface area contributed by atoms with Gasteiger partial charge in [-0.3, -0.25) is 9.59 Å². The molecule has 1 unspecified atom stereocenters. The molecule has 0 aromatic heterocycles. The normalized spacial score (nSPS) is 12.1. The fraction of sp³-hybridized carbons (Fsp3) is 0.333. The number of aliphatic carboxylic acids is 1. The molecule has 2 aromatic rings. The van der Waals surface area contributed by atoms with E-state index in [0.29, 0.717) is 36.7 Å². The van der Waals surface area contributed by atoms with Crippen LogP contribution < -0.4 is 15.4 Å². The van der Waals surface area contributed by atoms with Gasteiger partial charge < -0.3 is 25.6 Å². The lowest BCUT2D eigenvalue weighted by molar-refractivity contribution is -0.137. The molecule has 200 valence electrons. The first kappa shape index (κ1) is 31.0. The van der Waals surface area contributed by atoms with Crippen LogP contribution in [0.4, 0.5) is 0 Å². The number of aryl methyl sites for hydroxylation is 2. The zero-order valence-corrected chi connectivity index (χ0v) is 22.5. The van der Waals surface area contributed by atoms with Crippen molar-refractivity contribution in [3.05, 3.63) is 95.4 Å². The second-order valence-corrected chi connectivity index (χ2v) is 8.15. The number of carboxylic acids is 1. The van der Waals surface area contributed by atoms with Crippen molar-refractivity contribution in [3.8, 4) is 11.5 Å². The summed E-state index contributed by atoms with van der Waals surface area (Å²) in [6.45, 7) is 10.5. The molecule has 1 amide bonds. The number of hydrogen-bond acceptors (Lipinski definition) is 5. The van der Waals surface area contributed by atoms with Crippen molar-refractivity contribution in [3.63, 3.8) is 0 Å². The van der Waals surface area contributed by atoms with Gasteiger partial charge in [0.15, 0.2) is 0 Å². The SMILES string of the molecule is C/C=C\CN/C(=C\C(C)/C=C/O)C(=O)NCc1cccc(Oc2ccc(CCC(=O)O)c(C)c2)c1.CC. The van der Waals surface area contributed by atoms with Crippen LogP contribution in [0.1, 0.15) is 50.8 Å². The summed E-state index contributed by atoms with van der Waals surface area (Å²) in [5.74, 6) is 0.118. The van der Waals surface area contributed by atoms with Gasteiger partial charge in [0.25, 0.3) is 5.91 Å². The Balaban J connectivity index is 0.00000334. The fourth-order valence-corrected chi connectivity index (χ4v) is 3.34. The van der Waals surface area contributed by atoms with E-state index in [4.69, 9.17) is 14.9 Å². The summed E-state index contributed by atoms with van der Waals surface area (Å²) in [6.07, 6.45) is 8.70. The highest BCUT2D eigenvalue weighted by Gasteiger charge is 2.11. The number of allylic oxidation sites excluding steroid dienone is 3. The number of nitrogens with one attached hydrogen (secondary N) is 2. The highest BCUT2D eigenvalue weighted by molar-refractivity contribution is 5.92. The predicted octanol–water partition coefficient (Wildman–Crippen LogP) is 6.20. The Kier molecular flexibility index (Phi) is 14.6. The number of aliphatic hydroxyl groups is 1. The minimum atomic E-state index is -0.818. The molecule has 0 aliphatic carbocycles. The molecular weight excluding hydrogens is 468 g/mol. The number of carboxylic acid groups (broad SMARTS) is 1. The molecule has 0 aliphatic heterocycles. The number of rotatable bonds is 13. The lowest BCUT2D eigenvalue weighted by Crippen LogP contribution is -2.32. The van der Waals surface area contributed by atoms with E-state index < -0.39 is 5.97 Å². The lowest BCUT2D eigenvalue weighted by atomic mass is 10.0. The van der Waals surface area contributed by atoms with Crippen LogP contribution in [0.5, 0.6) is 11.5 Å². The third kappa shape index (κ3) is 12.0. The van der Waals surface area contributed by atoms with Crippen LogP contribution in [0.25, 0.3) is 0 Å². The Morgan fingerprint density at radius 3 is 2.46 bits per heavy atom. The molecule has 0 aliphatic rings. The molecular formula is C30H40N2O5. The standard InChI is InChI=1S/C28H34N2O5.C2H6/c1-4-5-14-29-26(16-20(2)13-15-31)28(34)30-19-22-7-6-8-24(18-22)35-25-11-9-23(21(3)17-25)10-12-27(32)33;1-2/h4-9,11,13,15-18,20,29,31H,10,12,14,19H2,1-3H3,(H,30,34)(H,32,33);1-2H3/b5-4-,15-13+,26-16-;. The van der Waals surface area contributed by atoms with Gasteiger partial charge in [-0.05, 0) is 79.3 Å². The summed E-state index contributed by atoms with van der Waals surface area (Å²) in [6, 6.07) is 13.1. The summed E-state index contributed by atoms with van der Waals surface area (Å²) in [7, 11) is 0. The molecule has 4 N–H and O–H groups in total. The van der Waals surface area contributed by atoms with Crippen molar-refractivity contribution in [2.45, 2.75) is 54.0 Å². The highest BCUT2D eigenvalue weighted by atomic mass is 16.5. The van der Waals surface area contributed by atoms with Crippen molar-refractivity contribution in [1.82, 2.24) is 10.6 Å². The lowest BCUT2D eigenvalue weighted by Gasteiger charge is -2.13. The monoisotopic (exact) mass is 508 g/mol. The minimum absolute atomic E-state index is 0.0909. The zero-order valence-electron chi connectivity index (χ0n) is 22.5. The van der Waals surface area contributed by atoms with Gasteiger partial charge in [-0.1, -0.05) is 51.1 Å². The van der Waals surface area contributed by atoms with E-state index in [2.05, 4.69) is 10.6 Å². The average Bonchev–Trinajstić information content (AvgIpc) is 2.88. The van der Waals surface area contributed by atoms with Crippen molar-refractivity contribution < 1.29 is 24.5 Å². The number of aliphatic hydroxyl groups excluding tert-OH is 1. The number of amides is 1. The van der Waals surface area contributed by atoms with Crippen molar-refractivity contribution in [2.75, 3.05) is 6.54 Å². The summed E-state index contributed by atoms with van der Waals surface area (Å²) >= 11 is 0. The second kappa shape index (κ2) is 17.4. The Hall–Kier alpha value is -4.00. The third-order valence-corrected chi connectivity index (χ3v) is 5.22. The number of ether oxygens (including phenoxy) is 1. The van der Waals surface area contributed by atoms with E-state index in [-0.39, 0.29) is 18.2 Å². The quantitative estimate of drug-likeness (QED) is 0.146. The summed E-state index contributed by atoms with van der Waals surface area (Å²) in [5, 5.41) is 23.9. The van der Waals surface area contributed by atoms with Crippen LogP contribution in [0.2, 0.25) is 0 Å². The largest absolute Gasteiger partial charge is 0.516 e. The van der Waals surface area contributed by atoms with E-state index in [1.807, 2.05) is 89.2 Å². The Morgan fingerprint density at radius 1 is 1.08 bits per heavy atom. The molecule has 0 radical (unpaired) electrons. The second-order valence-electron chi connectivity index (χ2n) is 8.15. The molecule has 0 heterocycles. The number of benzene rings is 2. The van der Waals surface area contributed by atoms with Gasteiger partial charge in [-0.15, -0.1) is 0 Å². The molecule has 2 rings (SSSR count). The Morgan fingerprint density at radius 2 is 1.81 bits per heavy atom. The smallest absolute Gasteiger partial charge is 0.303 e. The average molecular weight is 509 g/mol. The summed E-state index contributed by atoms with van der Waals surface area (Å²) in [4.78, 5) is 23.6. The molecule has 0 saturated carbocycles. The van der Waals surface area contributed by atoms with Gasteiger partial charge in [-0.25, -0.2) is 0 Å². The van der Waals surface area contributed by atoms with Crippen LogP contribution in [-0.4, -0.2) is 28.6 Å². The molecule has 7 nitrogen and oxygen atoms in total. The minimum Gasteiger partial charge on any atom is -0.516 e. The Bertz CT molecular complexity index is 1090. The van der Waals surface area contributed by atoms with Gasteiger partial charge in [0.2, 0.25) is 0 Å². The number of carbonyl (C=O) groups is 2. The summed E-state index contributed by atoms with van der Waals surface area (Å²) < 4.78 is 5.99. The number of carbonyl (C=O) groups excluding carboxylic acids is 1. The van der Waals surface area contributed by atoms with Gasteiger partial charge in [0.1, 0.15) is 11.5 Å². The Labute approximate surface area is 220 Å². The first-order valence-corrected chi connectivity index (χ1v) is 12.6. The van der Waals surface area contributed by atoms with Crippen LogP contribution in [0.15, 0.2) is 78.7 Å². The van der Waals surface area contributed by atoms with Crippen molar-refractivity contribution in [2.24, 2.45) is 5.92 Å². The molecule has 0 fully saturated rings. The molecule has 2 aromatic carbocycles. The highest BCUT2D eigenvalue weighted by Crippen LogP contribution is 2.25. The maximum Gasteiger partial charge on any atom is 0.303 e. The van der Waals surface area contributed by atoms with Crippen molar-refractivity contribution in [1.29, 1.82) is 0 Å². The molecule has 0 bridgehead atoms. The van der Waals surface area contributed by atoms with E-state index in [1.54, 1.807) is 12.2 Å². The molecule has 7 heteroatoms. The molecule has 0 spiro atoms. The van der Waals surface area contributed by atoms with Gasteiger partial charge >= 0.3 is 5.97 Å². The first-order valence-electron chi connectivity index (χ1n) is 12.6. The van der Waals surface area contributed by atoms with Crippen LogP contribution in [0, 0.1) is 12.8 Å².